The SMILES string of the molecule is Cl.Cl.NCc1cnc2[nH]cc(Cl)c2c1. The van der Waals surface area contributed by atoms with Gasteiger partial charge in [0.05, 0.1) is 5.02 Å². The standard InChI is InChI=1S/C8H8ClN3.2ClH/c9-7-4-12-8-6(7)1-5(2-10)3-11-8;;/h1,3-4H,2,10H2,(H,11,12);2*1H. The molecule has 0 atom stereocenters. The van der Waals surface area contributed by atoms with Crippen molar-refractivity contribution in [1.29, 1.82) is 0 Å². The average Bonchev–Trinajstić information content (AvgIpc) is 2.47. The average molecular weight is 255 g/mol. The normalized spacial score (nSPS) is 9.29. The fourth-order valence-corrected chi connectivity index (χ4v) is 1.32. The van der Waals surface area contributed by atoms with Crippen LogP contribution in [-0.2, 0) is 6.54 Å². The molecule has 0 aromatic carbocycles. The molecule has 78 valence electrons. The van der Waals surface area contributed by atoms with Crippen LogP contribution < -0.4 is 5.73 Å². The molecule has 0 saturated heterocycles. The molecule has 14 heavy (non-hydrogen) atoms. The summed E-state index contributed by atoms with van der Waals surface area (Å²) >= 11 is 5.89. The van der Waals surface area contributed by atoms with Crippen LogP contribution in [0, 0.1) is 0 Å². The first-order chi connectivity index (χ1) is 5.81. The Hall–Kier alpha value is -0.480. The van der Waals surface area contributed by atoms with E-state index in [2.05, 4.69) is 9.97 Å². The van der Waals surface area contributed by atoms with Gasteiger partial charge in [-0.05, 0) is 11.6 Å². The van der Waals surface area contributed by atoms with Crippen molar-refractivity contribution in [3.8, 4) is 0 Å². The zero-order chi connectivity index (χ0) is 8.55. The Kier molecular flexibility index (Phi) is 5.23. The number of halogens is 3. The van der Waals surface area contributed by atoms with Crippen LogP contribution in [0.1, 0.15) is 5.56 Å². The summed E-state index contributed by atoms with van der Waals surface area (Å²) in [5.41, 5.74) is 7.26. The first kappa shape index (κ1) is 13.5. The minimum absolute atomic E-state index is 0. The zero-order valence-electron chi connectivity index (χ0n) is 7.16. The number of nitrogens with one attached hydrogen (secondary N) is 1. The Morgan fingerprint density at radius 3 is 2.79 bits per heavy atom. The number of hydrogen-bond acceptors (Lipinski definition) is 2. The Morgan fingerprint density at radius 1 is 1.43 bits per heavy atom. The monoisotopic (exact) mass is 253 g/mol. The Bertz CT molecular complexity index is 413. The summed E-state index contributed by atoms with van der Waals surface area (Å²) in [4.78, 5) is 7.11. The van der Waals surface area contributed by atoms with Crippen LogP contribution in [-0.4, -0.2) is 9.97 Å². The molecule has 0 aliphatic rings. The lowest BCUT2D eigenvalue weighted by atomic mass is 10.2. The Labute approximate surface area is 98.9 Å². The van der Waals surface area contributed by atoms with E-state index in [-0.39, 0.29) is 24.8 Å². The van der Waals surface area contributed by atoms with E-state index in [1.54, 1.807) is 12.4 Å². The van der Waals surface area contributed by atoms with Crippen molar-refractivity contribution in [2.45, 2.75) is 6.54 Å². The van der Waals surface area contributed by atoms with Gasteiger partial charge in [0, 0.05) is 24.3 Å². The molecule has 3 N–H and O–H groups in total. The summed E-state index contributed by atoms with van der Waals surface area (Å²) in [7, 11) is 0. The number of hydrogen-bond donors (Lipinski definition) is 2. The van der Waals surface area contributed by atoms with Crippen LogP contribution in [0.4, 0.5) is 0 Å². The van der Waals surface area contributed by atoms with E-state index in [1.165, 1.54) is 0 Å². The maximum atomic E-state index is 5.89. The molecule has 2 rings (SSSR count). The van der Waals surface area contributed by atoms with Crippen molar-refractivity contribution in [3.05, 3.63) is 29.0 Å². The first-order valence-electron chi connectivity index (χ1n) is 3.63. The number of nitrogens with two attached hydrogens (primary N) is 1. The van der Waals surface area contributed by atoms with Gasteiger partial charge in [-0.25, -0.2) is 4.98 Å². The fourth-order valence-electron chi connectivity index (χ4n) is 1.13. The number of aromatic amines is 1. The second kappa shape index (κ2) is 5.41. The topological polar surface area (TPSA) is 54.7 Å². The molecule has 0 aliphatic carbocycles. The molecule has 2 aromatic rings. The molecule has 0 saturated carbocycles. The molecule has 0 aliphatic heterocycles. The molecule has 3 nitrogen and oxygen atoms in total. The highest BCUT2D eigenvalue weighted by Crippen LogP contribution is 2.21. The lowest BCUT2D eigenvalue weighted by Crippen LogP contribution is -1.96. The van der Waals surface area contributed by atoms with Gasteiger partial charge < -0.3 is 10.7 Å². The molecule has 2 heterocycles. The second-order valence-electron chi connectivity index (χ2n) is 2.58. The predicted molar refractivity (Wildman–Crippen MR) is 63.5 cm³/mol. The highest BCUT2D eigenvalue weighted by atomic mass is 35.5. The van der Waals surface area contributed by atoms with Crippen molar-refractivity contribution < 1.29 is 0 Å². The van der Waals surface area contributed by atoms with Gasteiger partial charge in [-0.2, -0.15) is 0 Å². The zero-order valence-corrected chi connectivity index (χ0v) is 9.55. The van der Waals surface area contributed by atoms with Crippen molar-refractivity contribution in [3.63, 3.8) is 0 Å². The Morgan fingerprint density at radius 2 is 2.14 bits per heavy atom. The third-order valence-corrected chi connectivity index (χ3v) is 2.09. The van der Waals surface area contributed by atoms with Gasteiger partial charge in [0.25, 0.3) is 0 Å². The molecule has 0 bridgehead atoms. The van der Waals surface area contributed by atoms with Crippen LogP contribution in [0.3, 0.4) is 0 Å². The number of pyridine rings is 1. The number of aromatic nitrogens is 2. The highest BCUT2D eigenvalue weighted by Gasteiger charge is 2.01. The first-order valence-corrected chi connectivity index (χ1v) is 4.00. The lowest BCUT2D eigenvalue weighted by Gasteiger charge is -1.95. The van der Waals surface area contributed by atoms with Crippen LogP contribution >= 0.6 is 36.4 Å². The predicted octanol–water partition coefficient (Wildman–Crippen LogP) is 2.52. The molecule has 0 unspecified atom stereocenters. The summed E-state index contributed by atoms with van der Waals surface area (Å²) in [5, 5.41) is 1.62. The highest BCUT2D eigenvalue weighted by molar-refractivity contribution is 6.35. The number of H-pyrrole nitrogens is 1. The minimum atomic E-state index is 0. The van der Waals surface area contributed by atoms with Crippen LogP contribution in [0.15, 0.2) is 18.5 Å². The Balaban J connectivity index is 0.000000845. The molecule has 0 amide bonds. The van der Waals surface area contributed by atoms with Crippen LogP contribution in [0.2, 0.25) is 5.02 Å². The molecule has 0 fully saturated rings. The molecule has 0 radical (unpaired) electrons. The van der Waals surface area contributed by atoms with E-state index in [9.17, 15) is 0 Å². The van der Waals surface area contributed by atoms with Gasteiger partial charge in [0.2, 0.25) is 0 Å². The number of fused-ring (bicyclic) bond motifs is 1. The van der Waals surface area contributed by atoms with E-state index in [0.717, 1.165) is 16.6 Å². The molecule has 0 spiro atoms. The summed E-state index contributed by atoms with van der Waals surface area (Å²) in [6.07, 6.45) is 3.47. The lowest BCUT2D eigenvalue weighted by molar-refractivity contribution is 1.06. The van der Waals surface area contributed by atoms with Crippen LogP contribution in [0.25, 0.3) is 11.0 Å². The van der Waals surface area contributed by atoms with Crippen molar-refractivity contribution in [2.24, 2.45) is 5.73 Å². The summed E-state index contributed by atoms with van der Waals surface area (Å²) in [5.74, 6) is 0. The van der Waals surface area contributed by atoms with Gasteiger partial charge in [0.15, 0.2) is 0 Å². The molecule has 2 aromatic heterocycles. The third kappa shape index (κ3) is 2.30. The van der Waals surface area contributed by atoms with E-state index in [4.69, 9.17) is 17.3 Å². The van der Waals surface area contributed by atoms with Gasteiger partial charge in [-0.1, -0.05) is 11.6 Å². The molecular weight excluding hydrogens is 244 g/mol. The largest absolute Gasteiger partial charge is 0.345 e. The van der Waals surface area contributed by atoms with Gasteiger partial charge in [0.1, 0.15) is 5.65 Å². The van der Waals surface area contributed by atoms with E-state index in [1.807, 2.05) is 6.07 Å². The number of rotatable bonds is 1. The fraction of sp³-hybridized carbons (Fsp3) is 0.125. The van der Waals surface area contributed by atoms with Gasteiger partial charge >= 0.3 is 0 Å². The molecular formula is C8H10Cl3N3. The maximum absolute atomic E-state index is 5.89. The second-order valence-corrected chi connectivity index (χ2v) is 2.99. The third-order valence-electron chi connectivity index (χ3n) is 1.77. The number of nitrogens with zero attached hydrogens (tertiary/aromatic N) is 1. The van der Waals surface area contributed by atoms with Gasteiger partial charge in [-0.3, -0.25) is 0 Å². The summed E-state index contributed by atoms with van der Waals surface area (Å²) in [6, 6.07) is 1.95. The smallest absolute Gasteiger partial charge is 0.138 e. The van der Waals surface area contributed by atoms with E-state index < -0.39 is 0 Å². The van der Waals surface area contributed by atoms with E-state index >= 15 is 0 Å². The summed E-state index contributed by atoms with van der Waals surface area (Å²) < 4.78 is 0. The molecule has 6 heteroatoms. The van der Waals surface area contributed by atoms with E-state index in [0.29, 0.717) is 11.6 Å². The minimum Gasteiger partial charge on any atom is -0.345 e. The van der Waals surface area contributed by atoms with Crippen molar-refractivity contribution >= 4 is 47.4 Å². The van der Waals surface area contributed by atoms with Crippen molar-refractivity contribution in [2.75, 3.05) is 0 Å². The van der Waals surface area contributed by atoms with Crippen molar-refractivity contribution in [1.82, 2.24) is 9.97 Å². The maximum Gasteiger partial charge on any atom is 0.138 e. The van der Waals surface area contributed by atoms with Crippen LogP contribution in [0.5, 0.6) is 0 Å². The van der Waals surface area contributed by atoms with Gasteiger partial charge in [-0.15, -0.1) is 24.8 Å². The summed E-state index contributed by atoms with van der Waals surface area (Å²) in [6.45, 7) is 0.491. The quantitative estimate of drug-likeness (QED) is 0.821.